The average molecular weight is 466 g/mol. The smallest absolute Gasteiger partial charge is 0.251 e. The molecule has 1 aliphatic heterocycles. The topological polar surface area (TPSA) is 99.3 Å². The predicted octanol–water partition coefficient (Wildman–Crippen LogP) is 3.02. The van der Waals surface area contributed by atoms with E-state index in [1.807, 2.05) is 30.5 Å². The molecule has 8 heteroatoms. The molecule has 7 nitrogen and oxygen atoms in total. The van der Waals surface area contributed by atoms with E-state index in [1.165, 1.54) is 0 Å². The van der Waals surface area contributed by atoms with Crippen LogP contribution in [0.4, 0.5) is 0 Å². The molecular weight excluding hydrogens is 438 g/mol. The van der Waals surface area contributed by atoms with Crippen molar-refractivity contribution >= 4 is 38.1 Å². The molecule has 1 aliphatic rings. The summed E-state index contributed by atoms with van der Waals surface area (Å²) in [7, 11) is -3.28. The van der Waals surface area contributed by atoms with Crippen LogP contribution in [0, 0.1) is 0 Å². The molecule has 3 aromatic rings. The number of hydrogen-bond donors (Lipinski definition) is 2. The Morgan fingerprint density at radius 3 is 2.52 bits per heavy atom. The first-order chi connectivity index (χ1) is 15.8. The van der Waals surface area contributed by atoms with E-state index in [1.54, 1.807) is 35.2 Å². The van der Waals surface area contributed by atoms with Crippen molar-refractivity contribution in [3.8, 4) is 0 Å². The molecule has 0 fully saturated rings. The van der Waals surface area contributed by atoms with Gasteiger partial charge in [0, 0.05) is 47.6 Å². The van der Waals surface area contributed by atoms with Crippen molar-refractivity contribution in [1.82, 2.24) is 15.2 Å². The van der Waals surface area contributed by atoms with Crippen LogP contribution >= 0.6 is 0 Å². The standard InChI is InChI=1S/C25H27N3O4S/c1-33(31,32)16-13-23(27-24(29)19-7-3-2-4-8-19)25(30)28-14-11-18(12-15-28)21-17-26-22-10-6-5-9-20(21)22/h2-11,17,23,26H,12-16H2,1H3,(H,27,29)/t23-/m1/s1. The second-order valence-corrected chi connectivity index (χ2v) is 10.6. The summed E-state index contributed by atoms with van der Waals surface area (Å²) >= 11 is 0. The summed E-state index contributed by atoms with van der Waals surface area (Å²) in [6, 6.07) is 15.8. The molecule has 2 amide bonds. The molecular formula is C25H27N3O4S. The van der Waals surface area contributed by atoms with Crippen LogP contribution in [0.25, 0.3) is 16.5 Å². The number of carbonyl (C=O) groups is 2. The molecule has 2 heterocycles. The van der Waals surface area contributed by atoms with E-state index >= 15 is 0 Å². The van der Waals surface area contributed by atoms with Crippen LogP contribution in [-0.4, -0.2) is 61.3 Å². The van der Waals surface area contributed by atoms with E-state index in [9.17, 15) is 18.0 Å². The Kier molecular flexibility index (Phi) is 6.65. The maximum Gasteiger partial charge on any atom is 0.251 e. The minimum Gasteiger partial charge on any atom is -0.361 e. The Morgan fingerprint density at radius 2 is 1.82 bits per heavy atom. The van der Waals surface area contributed by atoms with Gasteiger partial charge in [0.05, 0.1) is 5.75 Å². The minimum atomic E-state index is -3.28. The molecule has 0 radical (unpaired) electrons. The summed E-state index contributed by atoms with van der Waals surface area (Å²) in [6.45, 7) is 0.908. The van der Waals surface area contributed by atoms with Gasteiger partial charge in [0.2, 0.25) is 5.91 Å². The fourth-order valence-electron chi connectivity index (χ4n) is 4.09. The van der Waals surface area contributed by atoms with Crippen molar-refractivity contribution in [3.63, 3.8) is 0 Å². The average Bonchev–Trinajstić information content (AvgIpc) is 3.25. The van der Waals surface area contributed by atoms with E-state index in [2.05, 4.69) is 16.4 Å². The number of carbonyl (C=O) groups excluding carboxylic acids is 2. The lowest BCUT2D eigenvalue weighted by Gasteiger charge is -2.30. The van der Waals surface area contributed by atoms with Crippen LogP contribution in [-0.2, 0) is 14.6 Å². The molecule has 0 saturated heterocycles. The Balaban J connectivity index is 1.49. The number of amides is 2. The third-order valence-corrected chi connectivity index (χ3v) is 6.85. The zero-order valence-corrected chi connectivity index (χ0v) is 19.3. The summed E-state index contributed by atoms with van der Waals surface area (Å²) in [6.07, 6.45) is 5.86. The number of rotatable bonds is 7. The highest BCUT2D eigenvalue weighted by atomic mass is 32.2. The first-order valence-electron chi connectivity index (χ1n) is 10.9. The number of hydrogen-bond acceptors (Lipinski definition) is 4. The maximum atomic E-state index is 13.3. The molecule has 0 aliphatic carbocycles. The van der Waals surface area contributed by atoms with Crippen LogP contribution < -0.4 is 5.32 Å². The third kappa shape index (κ3) is 5.51. The highest BCUT2D eigenvalue weighted by Gasteiger charge is 2.28. The largest absolute Gasteiger partial charge is 0.361 e. The summed E-state index contributed by atoms with van der Waals surface area (Å²) in [5.41, 5.74) is 3.78. The lowest BCUT2D eigenvalue weighted by molar-refractivity contribution is -0.132. The van der Waals surface area contributed by atoms with Crippen molar-refractivity contribution in [3.05, 3.63) is 78.0 Å². The number of para-hydroxylation sites is 1. The molecule has 0 spiro atoms. The van der Waals surface area contributed by atoms with Gasteiger partial charge >= 0.3 is 0 Å². The Hall–Kier alpha value is -3.39. The normalized spacial score (nSPS) is 15.2. The number of benzene rings is 2. The van der Waals surface area contributed by atoms with Gasteiger partial charge < -0.3 is 15.2 Å². The number of nitrogens with zero attached hydrogens (tertiary/aromatic N) is 1. The zero-order chi connectivity index (χ0) is 23.4. The summed E-state index contributed by atoms with van der Waals surface area (Å²) in [5.74, 6) is -0.838. The lowest BCUT2D eigenvalue weighted by atomic mass is 9.98. The Bertz CT molecular complexity index is 1300. The molecule has 2 aromatic carbocycles. The number of nitrogens with one attached hydrogen (secondary N) is 2. The summed E-state index contributed by atoms with van der Waals surface area (Å²) in [4.78, 5) is 30.9. The van der Waals surface area contributed by atoms with Crippen molar-refractivity contribution in [2.24, 2.45) is 0 Å². The van der Waals surface area contributed by atoms with E-state index in [0.29, 0.717) is 25.1 Å². The number of aromatic nitrogens is 1. The summed E-state index contributed by atoms with van der Waals surface area (Å²) < 4.78 is 23.4. The highest BCUT2D eigenvalue weighted by molar-refractivity contribution is 7.90. The number of fused-ring (bicyclic) bond motifs is 1. The Morgan fingerprint density at radius 1 is 1.09 bits per heavy atom. The van der Waals surface area contributed by atoms with Crippen LogP contribution in [0.1, 0.15) is 28.8 Å². The molecule has 1 atom stereocenters. The first kappa shape index (κ1) is 22.8. The molecule has 2 N–H and O–H groups in total. The minimum absolute atomic E-state index is 0.0335. The van der Waals surface area contributed by atoms with Gasteiger partial charge in [0.1, 0.15) is 15.9 Å². The number of H-pyrrole nitrogens is 1. The third-order valence-electron chi connectivity index (χ3n) is 5.87. The van der Waals surface area contributed by atoms with Gasteiger partial charge in [-0.1, -0.05) is 42.5 Å². The van der Waals surface area contributed by atoms with Gasteiger partial charge in [-0.3, -0.25) is 9.59 Å². The van der Waals surface area contributed by atoms with Gasteiger partial charge in [-0.25, -0.2) is 8.42 Å². The maximum absolute atomic E-state index is 13.3. The second kappa shape index (κ2) is 9.62. The monoisotopic (exact) mass is 465 g/mol. The molecule has 0 bridgehead atoms. The van der Waals surface area contributed by atoms with Gasteiger partial charge in [-0.05, 0) is 36.6 Å². The van der Waals surface area contributed by atoms with E-state index in [4.69, 9.17) is 0 Å². The van der Waals surface area contributed by atoms with Gasteiger partial charge in [0.25, 0.3) is 5.91 Å². The molecule has 4 rings (SSSR count). The van der Waals surface area contributed by atoms with E-state index < -0.39 is 21.8 Å². The van der Waals surface area contributed by atoms with Crippen LogP contribution in [0.2, 0.25) is 0 Å². The fraction of sp³-hybridized carbons (Fsp3) is 0.280. The zero-order valence-electron chi connectivity index (χ0n) is 18.5. The fourth-order valence-corrected chi connectivity index (χ4v) is 4.76. The quantitative estimate of drug-likeness (QED) is 0.560. The van der Waals surface area contributed by atoms with Crippen molar-refractivity contribution < 1.29 is 18.0 Å². The molecule has 33 heavy (non-hydrogen) atoms. The van der Waals surface area contributed by atoms with Gasteiger partial charge in [-0.15, -0.1) is 0 Å². The van der Waals surface area contributed by atoms with E-state index in [-0.39, 0.29) is 18.1 Å². The number of sulfone groups is 1. The second-order valence-electron chi connectivity index (χ2n) is 8.32. The Labute approximate surface area is 193 Å². The lowest BCUT2D eigenvalue weighted by Crippen LogP contribution is -2.50. The van der Waals surface area contributed by atoms with Crippen LogP contribution in [0.5, 0.6) is 0 Å². The molecule has 1 aromatic heterocycles. The molecule has 172 valence electrons. The SMILES string of the molecule is CS(=O)(=O)CC[C@@H](NC(=O)c1ccccc1)C(=O)N1CC=C(c2c[nH]c3ccccc23)CC1. The van der Waals surface area contributed by atoms with Gasteiger partial charge in [0.15, 0.2) is 0 Å². The van der Waals surface area contributed by atoms with Crippen molar-refractivity contribution in [2.75, 3.05) is 25.1 Å². The predicted molar refractivity (Wildman–Crippen MR) is 129 cm³/mol. The van der Waals surface area contributed by atoms with Crippen molar-refractivity contribution in [2.45, 2.75) is 18.9 Å². The van der Waals surface area contributed by atoms with Gasteiger partial charge in [-0.2, -0.15) is 0 Å². The molecule has 0 saturated carbocycles. The van der Waals surface area contributed by atoms with Crippen LogP contribution in [0.15, 0.2) is 66.9 Å². The summed E-state index contributed by atoms with van der Waals surface area (Å²) in [5, 5.41) is 3.89. The first-order valence-corrected chi connectivity index (χ1v) is 13.0. The highest BCUT2D eigenvalue weighted by Crippen LogP contribution is 2.29. The van der Waals surface area contributed by atoms with E-state index in [0.717, 1.165) is 28.3 Å². The van der Waals surface area contributed by atoms with Crippen LogP contribution in [0.3, 0.4) is 0 Å². The molecule has 0 unspecified atom stereocenters. The van der Waals surface area contributed by atoms with Crippen molar-refractivity contribution in [1.29, 1.82) is 0 Å². The number of aromatic amines is 1.